The molecule has 8 heteroatoms. The van der Waals surface area contributed by atoms with Crippen molar-refractivity contribution >= 4 is 40.9 Å². The number of aryl methyl sites for hydroxylation is 1. The van der Waals surface area contributed by atoms with Crippen molar-refractivity contribution in [3.05, 3.63) is 101 Å². The maximum absolute atomic E-state index is 13.3. The molecule has 0 radical (unpaired) electrons. The predicted octanol–water partition coefficient (Wildman–Crippen LogP) is 3.77. The van der Waals surface area contributed by atoms with Crippen molar-refractivity contribution < 1.29 is 19.2 Å². The number of nitrogens with zero attached hydrogens (tertiary/aromatic N) is 2. The average Bonchev–Trinajstić information content (AvgIpc) is 3.12. The lowest BCUT2D eigenvalue weighted by molar-refractivity contribution is -0.122. The van der Waals surface area contributed by atoms with Crippen LogP contribution in [0.5, 0.6) is 0 Å². The molecular formula is C25H20ClN3O4. The average molecular weight is 462 g/mol. The topological polar surface area (TPSA) is 86.8 Å². The number of halogens is 1. The highest BCUT2D eigenvalue weighted by molar-refractivity contribution is 6.30. The fourth-order valence-electron chi connectivity index (χ4n) is 3.55. The molecule has 1 saturated heterocycles. The Bertz CT molecular complexity index is 1210. The molecule has 0 aliphatic carbocycles. The van der Waals surface area contributed by atoms with E-state index in [2.05, 4.69) is 5.43 Å². The monoisotopic (exact) mass is 461 g/mol. The number of para-hydroxylation sites is 1. The maximum atomic E-state index is 13.3. The number of nitrogens with one attached hydrogen (secondary N) is 1. The van der Waals surface area contributed by atoms with Gasteiger partial charge in [0.1, 0.15) is 6.04 Å². The summed E-state index contributed by atoms with van der Waals surface area (Å²) in [7, 11) is 0. The number of hydrazine groups is 1. The number of rotatable bonds is 4. The molecule has 0 aromatic heterocycles. The Kier molecular flexibility index (Phi) is 6.24. The van der Waals surface area contributed by atoms with E-state index in [0.29, 0.717) is 16.3 Å². The van der Waals surface area contributed by atoms with Gasteiger partial charge in [-0.1, -0.05) is 47.5 Å². The van der Waals surface area contributed by atoms with Crippen LogP contribution in [0.15, 0.2) is 78.9 Å². The van der Waals surface area contributed by atoms with Gasteiger partial charge < -0.3 is 0 Å². The van der Waals surface area contributed by atoms with Gasteiger partial charge in [-0.05, 0) is 55.5 Å². The first-order valence-electron chi connectivity index (χ1n) is 10.2. The summed E-state index contributed by atoms with van der Waals surface area (Å²) in [6.07, 6.45) is -0.263. The fourth-order valence-corrected chi connectivity index (χ4v) is 3.67. The number of imide groups is 1. The Morgan fingerprint density at radius 2 is 1.52 bits per heavy atom. The summed E-state index contributed by atoms with van der Waals surface area (Å²) in [6.45, 7) is 1.89. The highest BCUT2D eigenvalue weighted by atomic mass is 35.5. The Balaban J connectivity index is 1.67. The van der Waals surface area contributed by atoms with Crippen molar-refractivity contribution in [3.8, 4) is 0 Å². The van der Waals surface area contributed by atoms with Crippen LogP contribution in [0.2, 0.25) is 5.02 Å². The molecule has 166 valence electrons. The zero-order valence-corrected chi connectivity index (χ0v) is 18.5. The number of hydrogen-bond donors (Lipinski definition) is 1. The summed E-state index contributed by atoms with van der Waals surface area (Å²) < 4.78 is 0. The molecule has 7 nitrogen and oxygen atoms in total. The minimum absolute atomic E-state index is 0.210. The molecule has 3 aromatic carbocycles. The van der Waals surface area contributed by atoms with E-state index in [9.17, 15) is 19.2 Å². The van der Waals surface area contributed by atoms with Gasteiger partial charge in [0.2, 0.25) is 5.91 Å². The minimum Gasteiger partial charge on any atom is -0.274 e. The quantitative estimate of drug-likeness (QED) is 0.473. The van der Waals surface area contributed by atoms with E-state index in [4.69, 9.17) is 11.6 Å². The number of anilines is 1. The number of carbonyl (C=O) groups excluding carboxylic acids is 4. The van der Waals surface area contributed by atoms with Crippen molar-refractivity contribution in [2.45, 2.75) is 19.4 Å². The minimum atomic E-state index is -1.20. The van der Waals surface area contributed by atoms with E-state index < -0.39 is 29.7 Å². The van der Waals surface area contributed by atoms with Crippen molar-refractivity contribution in [2.24, 2.45) is 0 Å². The van der Waals surface area contributed by atoms with Gasteiger partial charge in [0.15, 0.2) is 0 Å². The fraction of sp³-hybridized carbons (Fsp3) is 0.120. The summed E-state index contributed by atoms with van der Waals surface area (Å²) >= 11 is 5.93. The van der Waals surface area contributed by atoms with Gasteiger partial charge in [0, 0.05) is 16.1 Å². The first kappa shape index (κ1) is 22.2. The van der Waals surface area contributed by atoms with Crippen LogP contribution in [0.3, 0.4) is 0 Å². The first-order valence-corrected chi connectivity index (χ1v) is 10.6. The lowest BCUT2D eigenvalue weighted by Crippen LogP contribution is -2.54. The lowest BCUT2D eigenvalue weighted by atomic mass is 10.1. The second-order valence-electron chi connectivity index (χ2n) is 7.61. The summed E-state index contributed by atoms with van der Waals surface area (Å²) in [6, 6.07) is 20.1. The molecule has 33 heavy (non-hydrogen) atoms. The van der Waals surface area contributed by atoms with Gasteiger partial charge in [-0.15, -0.1) is 0 Å². The molecule has 1 aliphatic rings. The first-order chi connectivity index (χ1) is 15.8. The van der Waals surface area contributed by atoms with Crippen molar-refractivity contribution in [1.82, 2.24) is 10.4 Å². The molecular weight excluding hydrogens is 442 g/mol. The Morgan fingerprint density at radius 3 is 2.15 bits per heavy atom. The van der Waals surface area contributed by atoms with Crippen molar-refractivity contribution in [3.63, 3.8) is 0 Å². The highest BCUT2D eigenvalue weighted by Crippen LogP contribution is 2.26. The number of carbonyl (C=O) groups is 4. The molecule has 0 spiro atoms. The molecule has 1 N–H and O–H groups in total. The molecule has 1 unspecified atom stereocenters. The SMILES string of the molecule is Cc1ccc(C(=O)NN(C(=O)c2ccc(Cl)cc2)C2CC(=O)N(c3ccccc3)C2=O)cc1. The van der Waals surface area contributed by atoms with Crippen molar-refractivity contribution in [1.29, 1.82) is 0 Å². The molecule has 0 saturated carbocycles. The van der Waals surface area contributed by atoms with E-state index in [1.54, 1.807) is 54.6 Å². The summed E-state index contributed by atoms with van der Waals surface area (Å²) in [4.78, 5) is 53.3. The number of amides is 4. The van der Waals surface area contributed by atoms with E-state index in [0.717, 1.165) is 15.5 Å². The Labute approximate surface area is 195 Å². The van der Waals surface area contributed by atoms with Crippen LogP contribution < -0.4 is 10.3 Å². The van der Waals surface area contributed by atoms with E-state index in [1.165, 1.54) is 24.3 Å². The Morgan fingerprint density at radius 1 is 0.909 bits per heavy atom. The molecule has 4 rings (SSSR count). The molecule has 1 fully saturated rings. The van der Waals surface area contributed by atoms with Crippen LogP contribution in [0.1, 0.15) is 32.7 Å². The Hall–Kier alpha value is -3.97. The second kappa shape index (κ2) is 9.26. The second-order valence-corrected chi connectivity index (χ2v) is 8.05. The summed E-state index contributed by atoms with van der Waals surface area (Å²) in [5, 5.41) is 1.37. The van der Waals surface area contributed by atoms with Crippen LogP contribution in [0.4, 0.5) is 5.69 Å². The van der Waals surface area contributed by atoms with Gasteiger partial charge in [-0.25, -0.2) is 9.91 Å². The van der Waals surface area contributed by atoms with Crippen LogP contribution in [-0.2, 0) is 9.59 Å². The molecule has 1 heterocycles. The van der Waals surface area contributed by atoms with E-state index in [-0.39, 0.29) is 12.0 Å². The smallest absolute Gasteiger partial charge is 0.273 e. The third kappa shape index (κ3) is 4.63. The largest absolute Gasteiger partial charge is 0.274 e. The standard InChI is InChI=1S/C25H20ClN3O4/c1-16-7-9-17(10-8-16)23(31)27-29(24(32)18-11-13-19(26)14-12-18)21-15-22(30)28(25(21)33)20-5-3-2-4-6-20/h2-14,21H,15H2,1H3,(H,27,31). The van der Waals surface area contributed by atoms with Crippen LogP contribution in [0, 0.1) is 6.92 Å². The van der Waals surface area contributed by atoms with Gasteiger partial charge in [0.25, 0.3) is 17.7 Å². The van der Waals surface area contributed by atoms with Crippen LogP contribution in [0.25, 0.3) is 0 Å². The zero-order valence-electron chi connectivity index (χ0n) is 17.7. The molecule has 3 aromatic rings. The molecule has 4 amide bonds. The van der Waals surface area contributed by atoms with Gasteiger partial charge in [0.05, 0.1) is 12.1 Å². The molecule has 1 aliphatic heterocycles. The number of benzene rings is 3. The maximum Gasteiger partial charge on any atom is 0.273 e. The molecule has 0 bridgehead atoms. The van der Waals surface area contributed by atoms with Gasteiger partial charge in [-0.2, -0.15) is 0 Å². The zero-order chi connectivity index (χ0) is 23.5. The number of hydrogen-bond acceptors (Lipinski definition) is 4. The van der Waals surface area contributed by atoms with Crippen LogP contribution >= 0.6 is 11.6 Å². The van der Waals surface area contributed by atoms with Crippen LogP contribution in [-0.4, -0.2) is 34.7 Å². The molecule has 1 atom stereocenters. The predicted molar refractivity (Wildman–Crippen MR) is 124 cm³/mol. The van der Waals surface area contributed by atoms with E-state index >= 15 is 0 Å². The summed E-state index contributed by atoms with van der Waals surface area (Å²) in [5.41, 5.74) is 4.43. The van der Waals surface area contributed by atoms with Gasteiger partial charge >= 0.3 is 0 Å². The van der Waals surface area contributed by atoms with Gasteiger partial charge in [-0.3, -0.25) is 24.6 Å². The third-order valence-electron chi connectivity index (χ3n) is 5.29. The lowest BCUT2D eigenvalue weighted by Gasteiger charge is -2.28. The highest BCUT2D eigenvalue weighted by Gasteiger charge is 2.45. The summed E-state index contributed by atoms with van der Waals surface area (Å²) in [5.74, 6) is -2.27. The van der Waals surface area contributed by atoms with Crippen molar-refractivity contribution in [2.75, 3.05) is 4.90 Å². The van der Waals surface area contributed by atoms with E-state index in [1.807, 2.05) is 6.92 Å². The third-order valence-corrected chi connectivity index (χ3v) is 5.55. The normalized spacial score (nSPS) is 15.5.